The number of hydrogen-bond donors (Lipinski definition) is 1. The SMILES string of the molecule is FC(F)(F)c1ccc2c(c1)[nH]c1c2ccc2c1ccc1c3ccc(C(F)(F)F)cc3sc12. The van der Waals surface area contributed by atoms with Crippen molar-refractivity contribution in [1.82, 2.24) is 4.98 Å². The fourth-order valence-corrected chi connectivity index (χ4v) is 5.64. The Morgan fingerprint density at radius 1 is 0.562 bits per heavy atom. The van der Waals surface area contributed by atoms with E-state index in [2.05, 4.69) is 4.98 Å². The minimum Gasteiger partial charge on any atom is -0.354 e. The van der Waals surface area contributed by atoms with Crippen molar-refractivity contribution in [1.29, 1.82) is 0 Å². The first-order valence-electron chi connectivity index (χ1n) is 9.59. The summed E-state index contributed by atoms with van der Waals surface area (Å²) in [7, 11) is 0. The molecule has 32 heavy (non-hydrogen) atoms. The average Bonchev–Trinajstić information content (AvgIpc) is 3.29. The smallest absolute Gasteiger partial charge is 0.354 e. The number of benzene rings is 4. The molecular formula is C24H11F6NS. The molecule has 0 radical (unpaired) electrons. The zero-order valence-electron chi connectivity index (χ0n) is 15.9. The number of fused-ring (bicyclic) bond motifs is 9. The lowest BCUT2D eigenvalue weighted by Crippen LogP contribution is -2.03. The molecule has 8 heteroatoms. The molecule has 6 aromatic rings. The summed E-state index contributed by atoms with van der Waals surface area (Å²) in [6, 6.07) is 14.8. The van der Waals surface area contributed by atoms with E-state index < -0.39 is 23.5 Å². The minimum absolute atomic E-state index is 0.383. The van der Waals surface area contributed by atoms with Crippen LogP contribution in [-0.2, 0) is 12.4 Å². The van der Waals surface area contributed by atoms with Gasteiger partial charge in [0.05, 0.1) is 16.6 Å². The Balaban J connectivity index is 1.65. The van der Waals surface area contributed by atoms with Crippen LogP contribution >= 0.6 is 11.3 Å². The van der Waals surface area contributed by atoms with Gasteiger partial charge in [-0.15, -0.1) is 11.3 Å². The highest BCUT2D eigenvalue weighted by atomic mass is 32.1. The lowest BCUT2D eigenvalue weighted by Gasteiger charge is -2.05. The molecule has 0 spiro atoms. The van der Waals surface area contributed by atoms with Crippen LogP contribution in [0.2, 0.25) is 0 Å². The molecule has 160 valence electrons. The predicted octanol–water partition coefficient (Wildman–Crippen LogP) is 8.88. The van der Waals surface area contributed by atoms with Gasteiger partial charge in [0.1, 0.15) is 0 Å². The van der Waals surface area contributed by atoms with Gasteiger partial charge in [-0.2, -0.15) is 26.3 Å². The van der Waals surface area contributed by atoms with Crippen LogP contribution in [0.25, 0.3) is 52.8 Å². The van der Waals surface area contributed by atoms with Gasteiger partial charge in [0, 0.05) is 47.2 Å². The molecule has 0 saturated carbocycles. The molecule has 0 atom stereocenters. The Hall–Kier alpha value is -3.26. The molecular weight excluding hydrogens is 448 g/mol. The predicted molar refractivity (Wildman–Crippen MR) is 116 cm³/mol. The van der Waals surface area contributed by atoms with Crippen LogP contribution in [0.1, 0.15) is 11.1 Å². The second kappa shape index (κ2) is 6.16. The molecule has 2 aromatic heterocycles. The van der Waals surface area contributed by atoms with Crippen LogP contribution in [0.3, 0.4) is 0 Å². The summed E-state index contributed by atoms with van der Waals surface area (Å²) < 4.78 is 80.1. The van der Waals surface area contributed by atoms with Gasteiger partial charge in [-0.3, -0.25) is 0 Å². The number of nitrogens with one attached hydrogen (secondary N) is 1. The van der Waals surface area contributed by atoms with Gasteiger partial charge in [-0.25, -0.2) is 0 Å². The number of aromatic nitrogens is 1. The fraction of sp³-hybridized carbons (Fsp3) is 0.0833. The monoisotopic (exact) mass is 459 g/mol. The summed E-state index contributed by atoms with van der Waals surface area (Å²) in [5.41, 5.74) is -0.340. The molecule has 0 aliphatic heterocycles. The van der Waals surface area contributed by atoms with E-state index in [1.54, 1.807) is 0 Å². The number of thiophene rings is 1. The Kier molecular flexibility index (Phi) is 3.74. The normalized spacial score (nSPS) is 13.3. The number of alkyl halides is 6. The molecule has 0 aliphatic carbocycles. The average molecular weight is 459 g/mol. The molecule has 0 amide bonds. The summed E-state index contributed by atoms with van der Waals surface area (Å²) in [6.07, 6.45) is -8.86. The Bertz CT molecular complexity index is 1570. The lowest BCUT2D eigenvalue weighted by atomic mass is 10.0. The summed E-state index contributed by atoms with van der Waals surface area (Å²) >= 11 is 1.28. The third-order valence-corrected chi connectivity index (χ3v) is 7.06. The van der Waals surface area contributed by atoms with E-state index in [0.29, 0.717) is 21.1 Å². The first-order valence-corrected chi connectivity index (χ1v) is 10.4. The fourth-order valence-electron chi connectivity index (χ4n) is 4.37. The van der Waals surface area contributed by atoms with E-state index in [1.165, 1.54) is 23.5 Å². The van der Waals surface area contributed by atoms with Gasteiger partial charge in [-0.1, -0.05) is 36.4 Å². The molecule has 0 unspecified atom stereocenters. The zero-order valence-corrected chi connectivity index (χ0v) is 16.8. The lowest BCUT2D eigenvalue weighted by molar-refractivity contribution is -0.138. The van der Waals surface area contributed by atoms with Crippen LogP contribution in [0, 0.1) is 0 Å². The molecule has 1 nitrogen and oxygen atoms in total. The number of H-pyrrole nitrogens is 1. The molecule has 6 rings (SSSR count). The van der Waals surface area contributed by atoms with Gasteiger partial charge in [0.15, 0.2) is 0 Å². The standard InChI is InChI=1S/C24H11F6NS/c25-23(26,27)11-1-3-13-15-5-8-18-16(21(15)31-19(13)9-11)6-7-17-14-4-2-12(24(28,29)30)10-20(14)32-22(17)18/h1-10,31H. The second-order valence-corrected chi connectivity index (χ2v) is 8.77. The molecule has 2 heterocycles. The van der Waals surface area contributed by atoms with Gasteiger partial charge in [-0.05, 0) is 24.3 Å². The van der Waals surface area contributed by atoms with Crippen molar-refractivity contribution in [2.75, 3.05) is 0 Å². The van der Waals surface area contributed by atoms with Gasteiger partial charge in [0.2, 0.25) is 0 Å². The summed E-state index contributed by atoms with van der Waals surface area (Å²) in [5.74, 6) is 0. The molecule has 1 N–H and O–H groups in total. The van der Waals surface area contributed by atoms with Crippen molar-refractivity contribution in [3.8, 4) is 0 Å². The molecule has 0 fully saturated rings. The first kappa shape index (κ1) is 19.4. The quantitative estimate of drug-likeness (QED) is 0.218. The van der Waals surface area contributed by atoms with Crippen LogP contribution in [-0.4, -0.2) is 4.98 Å². The number of halogens is 6. The number of aromatic amines is 1. The first-order chi connectivity index (χ1) is 15.1. The Morgan fingerprint density at radius 2 is 1.06 bits per heavy atom. The van der Waals surface area contributed by atoms with Crippen molar-refractivity contribution in [2.45, 2.75) is 12.4 Å². The van der Waals surface area contributed by atoms with Crippen LogP contribution < -0.4 is 0 Å². The van der Waals surface area contributed by atoms with Crippen LogP contribution in [0.4, 0.5) is 26.3 Å². The van der Waals surface area contributed by atoms with Crippen LogP contribution in [0.5, 0.6) is 0 Å². The van der Waals surface area contributed by atoms with E-state index in [4.69, 9.17) is 0 Å². The number of rotatable bonds is 0. The van der Waals surface area contributed by atoms with Crippen molar-refractivity contribution < 1.29 is 26.3 Å². The van der Waals surface area contributed by atoms with E-state index >= 15 is 0 Å². The highest BCUT2D eigenvalue weighted by Crippen LogP contribution is 2.43. The third kappa shape index (κ3) is 2.72. The Labute approximate surface area is 179 Å². The molecule has 0 saturated heterocycles. The van der Waals surface area contributed by atoms with Gasteiger partial charge >= 0.3 is 12.4 Å². The molecule has 0 bridgehead atoms. The maximum Gasteiger partial charge on any atom is 0.416 e. The highest BCUT2D eigenvalue weighted by molar-refractivity contribution is 7.26. The molecule has 4 aromatic carbocycles. The second-order valence-electron chi connectivity index (χ2n) is 7.72. The van der Waals surface area contributed by atoms with Gasteiger partial charge in [0.25, 0.3) is 0 Å². The largest absolute Gasteiger partial charge is 0.416 e. The number of hydrogen-bond acceptors (Lipinski definition) is 1. The summed E-state index contributed by atoms with van der Waals surface area (Å²) in [6.45, 7) is 0. The molecule has 0 aliphatic rings. The zero-order chi connectivity index (χ0) is 22.4. The van der Waals surface area contributed by atoms with Crippen molar-refractivity contribution in [3.63, 3.8) is 0 Å². The maximum atomic E-state index is 13.1. The van der Waals surface area contributed by atoms with Crippen molar-refractivity contribution in [2.24, 2.45) is 0 Å². The summed E-state index contributed by atoms with van der Waals surface area (Å²) in [5, 5.41) is 4.71. The summed E-state index contributed by atoms with van der Waals surface area (Å²) in [4.78, 5) is 3.12. The third-order valence-electron chi connectivity index (χ3n) is 5.86. The minimum atomic E-state index is -4.44. The van der Waals surface area contributed by atoms with Crippen LogP contribution in [0.15, 0.2) is 60.7 Å². The van der Waals surface area contributed by atoms with E-state index in [1.807, 2.05) is 24.3 Å². The topological polar surface area (TPSA) is 15.8 Å². The highest BCUT2D eigenvalue weighted by Gasteiger charge is 2.31. The van der Waals surface area contributed by atoms with Gasteiger partial charge < -0.3 is 4.98 Å². The Morgan fingerprint density at radius 3 is 1.72 bits per heavy atom. The van der Waals surface area contributed by atoms with E-state index in [-0.39, 0.29) is 0 Å². The van der Waals surface area contributed by atoms with E-state index in [9.17, 15) is 26.3 Å². The maximum absolute atomic E-state index is 13.1. The van der Waals surface area contributed by atoms with Crippen molar-refractivity contribution >= 4 is 64.1 Å². The van der Waals surface area contributed by atoms with E-state index in [0.717, 1.165) is 55.9 Å². The van der Waals surface area contributed by atoms with Crippen molar-refractivity contribution in [3.05, 3.63) is 71.8 Å².